The van der Waals surface area contributed by atoms with E-state index in [1.54, 1.807) is 0 Å². The minimum atomic E-state index is 0.868. The van der Waals surface area contributed by atoms with Gasteiger partial charge in [-0.3, -0.25) is 0 Å². The zero-order valence-electron chi connectivity index (χ0n) is 4.33. The summed E-state index contributed by atoms with van der Waals surface area (Å²) in [5, 5.41) is 1.41. The number of hydrogen-bond acceptors (Lipinski definition) is 0. The molecule has 0 heterocycles. The van der Waals surface area contributed by atoms with Crippen LogP contribution >= 0.6 is 7.27 Å². The summed E-state index contributed by atoms with van der Waals surface area (Å²) in [5.74, 6) is 0. The fourth-order valence-corrected chi connectivity index (χ4v) is 1.79. The van der Waals surface area contributed by atoms with Crippen LogP contribution in [0, 0.1) is 0 Å². The zero-order chi connectivity index (χ0) is 5.82. The Morgan fingerprint density at radius 1 is 1.12 bits per heavy atom. The monoisotopic (exact) mass is 190 g/mol. The molecule has 1 rings (SSSR count). The second-order valence-corrected chi connectivity index (χ2v) is 3.69. The summed E-state index contributed by atoms with van der Waals surface area (Å²) in [6.07, 6.45) is 0. The van der Waals surface area contributed by atoms with Crippen molar-refractivity contribution in [1.29, 1.82) is 0 Å². The molecule has 1 atom stereocenters. The van der Waals surface area contributed by atoms with Crippen molar-refractivity contribution in [3.05, 3.63) is 30.3 Å². The van der Waals surface area contributed by atoms with Gasteiger partial charge in [0.05, 0.1) is 0 Å². The molecule has 0 aliphatic rings. The SMILES string of the molecule is [SeH]Pc1ccccc1. The molecule has 1 aromatic carbocycles. The third kappa shape index (κ3) is 1.59. The predicted molar refractivity (Wildman–Crippen MR) is 41.5 cm³/mol. The maximum atomic E-state index is 2.59. The van der Waals surface area contributed by atoms with Crippen molar-refractivity contribution >= 4 is 28.1 Å². The standard InChI is InChI=1S/C6H7PSe/c8-7-6-4-2-1-3-5-6/h1-5,7-8H. The van der Waals surface area contributed by atoms with E-state index in [0.717, 1.165) is 7.27 Å². The summed E-state index contributed by atoms with van der Waals surface area (Å²) in [6, 6.07) is 10.4. The topological polar surface area (TPSA) is 0 Å². The van der Waals surface area contributed by atoms with Crippen molar-refractivity contribution in [2.45, 2.75) is 0 Å². The Morgan fingerprint density at radius 2 is 1.75 bits per heavy atom. The molecule has 0 amide bonds. The first-order valence-corrected chi connectivity index (χ1v) is 6.15. The van der Waals surface area contributed by atoms with Crippen LogP contribution in [0.3, 0.4) is 0 Å². The van der Waals surface area contributed by atoms with E-state index in [1.807, 2.05) is 6.07 Å². The molecule has 0 spiro atoms. The summed E-state index contributed by atoms with van der Waals surface area (Å²) >= 11 is 2.59. The molecule has 0 aliphatic heterocycles. The molecule has 0 aromatic heterocycles. The van der Waals surface area contributed by atoms with Gasteiger partial charge in [0.2, 0.25) is 0 Å². The quantitative estimate of drug-likeness (QED) is 0.453. The van der Waals surface area contributed by atoms with E-state index < -0.39 is 0 Å². The van der Waals surface area contributed by atoms with Gasteiger partial charge < -0.3 is 0 Å². The van der Waals surface area contributed by atoms with Gasteiger partial charge in [-0.15, -0.1) is 0 Å². The molecule has 42 valence electrons. The van der Waals surface area contributed by atoms with Crippen molar-refractivity contribution in [1.82, 2.24) is 0 Å². The van der Waals surface area contributed by atoms with Gasteiger partial charge in [0, 0.05) is 0 Å². The number of hydrogen-bond donors (Lipinski definition) is 0. The van der Waals surface area contributed by atoms with Gasteiger partial charge in [-0.2, -0.15) is 0 Å². The van der Waals surface area contributed by atoms with Gasteiger partial charge in [-0.05, 0) is 0 Å². The van der Waals surface area contributed by atoms with E-state index in [9.17, 15) is 0 Å². The Balaban J connectivity index is 2.83. The third-order valence-corrected chi connectivity index (χ3v) is 3.12. The van der Waals surface area contributed by atoms with Crippen LogP contribution in [0.25, 0.3) is 0 Å². The van der Waals surface area contributed by atoms with Crippen molar-refractivity contribution < 1.29 is 0 Å². The van der Waals surface area contributed by atoms with E-state index in [2.05, 4.69) is 39.8 Å². The first kappa shape index (κ1) is 6.29. The van der Waals surface area contributed by atoms with E-state index in [-0.39, 0.29) is 0 Å². The second-order valence-electron chi connectivity index (χ2n) is 1.48. The first-order chi connectivity index (χ1) is 3.93. The molecule has 0 N–H and O–H groups in total. The molecule has 0 saturated carbocycles. The summed E-state index contributed by atoms with van der Waals surface area (Å²) in [5.41, 5.74) is 0. The molecule has 1 aromatic rings. The molecule has 8 heavy (non-hydrogen) atoms. The van der Waals surface area contributed by atoms with Crippen LogP contribution in [0.15, 0.2) is 30.3 Å². The molecule has 1 unspecified atom stereocenters. The molecular formula is C6H7PSe. The van der Waals surface area contributed by atoms with Gasteiger partial charge >= 0.3 is 58.5 Å². The van der Waals surface area contributed by atoms with Crippen LogP contribution in [0.1, 0.15) is 0 Å². The van der Waals surface area contributed by atoms with E-state index >= 15 is 0 Å². The molecule has 0 radical (unpaired) electrons. The normalized spacial score (nSPS) is 10.6. The maximum absolute atomic E-state index is 2.59. The molecule has 0 saturated heterocycles. The zero-order valence-corrected chi connectivity index (χ0v) is 7.21. The summed E-state index contributed by atoms with van der Waals surface area (Å²) in [7, 11) is 0.868. The van der Waals surface area contributed by atoms with E-state index in [0.29, 0.717) is 0 Å². The van der Waals surface area contributed by atoms with Crippen LogP contribution in [0.5, 0.6) is 0 Å². The van der Waals surface area contributed by atoms with Gasteiger partial charge in [0.25, 0.3) is 0 Å². The summed E-state index contributed by atoms with van der Waals surface area (Å²) in [4.78, 5) is 0. The van der Waals surface area contributed by atoms with Crippen molar-refractivity contribution in [3.63, 3.8) is 0 Å². The van der Waals surface area contributed by atoms with Crippen molar-refractivity contribution in [3.8, 4) is 0 Å². The van der Waals surface area contributed by atoms with Gasteiger partial charge in [-0.1, -0.05) is 0 Å². The Hall–Kier alpha value is 0.169. The Labute approximate surface area is 58.9 Å². The van der Waals surface area contributed by atoms with Crippen LogP contribution < -0.4 is 5.30 Å². The average Bonchev–Trinajstić information content (AvgIpc) is 1.90. The summed E-state index contributed by atoms with van der Waals surface area (Å²) in [6.45, 7) is 0. The average molecular weight is 189 g/mol. The van der Waals surface area contributed by atoms with E-state index in [1.165, 1.54) is 5.30 Å². The molecule has 0 fully saturated rings. The second kappa shape index (κ2) is 3.25. The molecular weight excluding hydrogens is 182 g/mol. The van der Waals surface area contributed by atoms with Crippen LogP contribution in [-0.2, 0) is 0 Å². The van der Waals surface area contributed by atoms with Gasteiger partial charge in [0.1, 0.15) is 0 Å². The molecule has 0 bridgehead atoms. The van der Waals surface area contributed by atoms with Crippen molar-refractivity contribution in [2.75, 3.05) is 0 Å². The molecule has 2 heteroatoms. The molecule has 0 aliphatic carbocycles. The van der Waals surface area contributed by atoms with Crippen molar-refractivity contribution in [2.24, 2.45) is 0 Å². The van der Waals surface area contributed by atoms with Crippen LogP contribution in [0.2, 0.25) is 0 Å². The number of benzene rings is 1. The Morgan fingerprint density at radius 3 is 2.12 bits per heavy atom. The van der Waals surface area contributed by atoms with Crippen LogP contribution in [-0.4, -0.2) is 15.6 Å². The fraction of sp³-hybridized carbons (Fsp3) is 0. The summed E-state index contributed by atoms with van der Waals surface area (Å²) < 4.78 is 0. The van der Waals surface area contributed by atoms with E-state index in [4.69, 9.17) is 0 Å². The fourth-order valence-electron chi connectivity index (χ4n) is 0.513. The predicted octanol–water partition coefficient (Wildman–Crippen LogP) is 0.806. The van der Waals surface area contributed by atoms with Gasteiger partial charge in [-0.25, -0.2) is 0 Å². The van der Waals surface area contributed by atoms with Crippen LogP contribution in [0.4, 0.5) is 0 Å². The molecule has 0 nitrogen and oxygen atoms in total. The van der Waals surface area contributed by atoms with Gasteiger partial charge in [0.15, 0.2) is 0 Å². The minimum absolute atomic E-state index is 0.868. The Bertz CT molecular complexity index is 150. The number of rotatable bonds is 1. The Kier molecular flexibility index (Phi) is 2.55. The first-order valence-electron chi connectivity index (χ1n) is 2.38. The third-order valence-electron chi connectivity index (χ3n) is 0.903.